The van der Waals surface area contributed by atoms with Crippen LogP contribution in [0.1, 0.15) is 45.4 Å². The minimum Gasteiger partial charge on any atom is -0.466 e. The topological polar surface area (TPSA) is 38.8 Å². The molecule has 104 valence electrons. The van der Waals surface area contributed by atoms with Crippen LogP contribution in [0.4, 0.5) is 0 Å². The Labute approximate surface area is 110 Å². The first kappa shape index (κ1) is 13.8. The molecule has 0 aromatic carbocycles. The number of carbonyl (C=O) groups excluding carboxylic acids is 1. The normalized spacial score (nSPS) is 32.9. The largest absolute Gasteiger partial charge is 0.466 e. The maximum Gasteiger partial charge on any atom is 0.307 e. The lowest BCUT2D eigenvalue weighted by atomic mass is 9.70. The summed E-state index contributed by atoms with van der Waals surface area (Å²) in [6, 6.07) is 0. The molecule has 0 unspecified atom stereocenters. The van der Waals surface area contributed by atoms with Gasteiger partial charge in [0.05, 0.1) is 19.1 Å². The van der Waals surface area contributed by atoms with Gasteiger partial charge in [0, 0.05) is 12.6 Å². The molecule has 0 radical (unpaired) electrons. The number of piperidine rings is 1. The summed E-state index contributed by atoms with van der Waals surface area (Å²) in [6.07, 6.45) is 6.62. The molecule has 1 aliphatic heterocycles. The smallest absolute Gasteiger partial charge is 0.307 e. The van der Waals surface area contributed by atoms with Gasteiger partial charge in [0.25, 0.3) is 0 Å². The van der Waals surface area contributed by atoms with E-state index in [0.29, 0.717) is 19.1 Å². The molecule has 1 aliphatic carbocycles. The van der Waals surface area contributed by atoms with Crippen LogP contribution in [0.15, 0.2) is 0 Å². The van der Waals surface area contributed by atoms with Gasteiger partial charge in [-0.05, 0) is 45.7 Å². The zero-order chi connectivity index (χ0) is 13.0. The molecular weight excluding hydrogens is 230 g/mol. The molecule has 0 bridgehead atoms. The molecule has 4 nitrogen and oxygen atoms in total. The third kappa shape index (κ3) is 2.86. The van der Waals surface area contributed by atoms with Crippen LogP contribution < -0.4 is 0 Å². The van der Waals surface area contributed by atoms with E-state index in [0.717, 1.165) is 25.9 Å². The second kappa shape index (κ2) is 6.02. The molecule has 0 aromatic heterocycles. The van der Waals surface area contributed by atoms with E-state index < -0.39 is 0 Å². The average Bonchev–Trinajstić information content (AvgIpc) is 2.34. The first-order chi connectivity index (χ1) is 8.70. The van der Waals surface area contributed by atoms with E-state index >= 15 is 0 Å². The van der Waals surface area contributed by atoms with E-state index in [1.54, 1.807) is 7.11 Å². The fraction of sp³-hybridized carbons (Fsp3) is 0.929. The fourth-order valence-electron chi connectivity index (χ4n) is 3.32. The van der Waals surface area contributed by atoms with Crippen LogP contribution in [0.25, 0.3) is 0 Å². The van der Waals surface area contributed by atoms with E-state index in [2.05, 4.69) is 4.90 Å². The molecule has 2 aliphatic rings. The highest BCUT2D eigenvalue weighted by atomic mass is 16.5. The third-order valence-corrected chi connectivity index (χ3v) is 4.35. The van der Waals surface area contributed by atoms with Gasteiger partial charge in [0.1, 0.15) is 0 Å². The van der Waals surface area contributed by atoms with Crippen molar-refractivity contribution in [1.29, 1.82) is 0 Å². The molecule has 2 rings (SSSR count). The predicted octanol–water partition coefficient (Wildman–Crippen LogP) is 1.97. The summed E-state index contributed by atoms with van der Waals surface area (Å²) in [5.74, 6) is -0.0578. The van der Waals surface area contributed by atoms with Crippen LogP contribution in [0.2, 0.25) is 0 Å². The van der Waals surface area contributed by atoms with Crippen molar-refractivity contribution >= 4 is 5.97 Å². The number of ether oxygens (including phenoxy) is 2. The van der Waals surface area contributed by atoms with Gasteiger partial charge >= 0.3 is 5.97 Å². The van der Waals surface area contributed by atoms with Crippen LogP contribution in [0.3, 0.4) is 0 Å². The van der Waals surface area contributed by atoms with Crippen molar-refractivity contribution in [3.05, 3.63) is 0 Å². The highest BCUT2D eigenvalue weighted by molar-refractivity contribution is 5.71. The summed E-state index contributed by atoms with van der Waals surface area (Å²) in [5, 5.41) is 0. The third-order valence-electron chi connectivity index (χ3n) is 4.35. The second-order valence-corrected chi connectivity index (χ2v) is 5.52. The Morgan fingerprint density at radius 2 is 1.94 bits per heavy atom. The SMILES string of the molecule is CCOC(=O)CC1(N2CCCCC2)CC(OC)C1. The lowest BCUT2D eigenvalue weighted by Gasteiger charge is -2.54. The van der Waals surface area contributed by atoms with Gasteiger partial charge in [-0.2, -0.15) is 0 Å². The summed E-state index contributed by atoms with van der Waals surface area (Å²) < 4.78 is 10.5. The van der Waals surface area contributed by atoms with Crippen molar-refractivity contribution in [2.24, 2.45) is 0 Å². The number of likely N-dealkylation sites (tertiary alicyclic amines) is 1. The van der Waals surface area contributed by atoms with E-state index in [1.807, 2.05) is 6.92 Å². The maximum atomic E-state index is 11.8. The van der Waals surface area contributed by atoms with Crippen LogP contribution in [-0.2, 0) is 14.3 Å². The highest BCUT2D eigenvalue weighted by Crippen LogP contribution is 2.43. The number of nitrogens with zero attached hydrogens (tertiary/aromatic N) is 1. The zero-order valence-corrected chi connectivity index (χ0v) is 11.6. The molecule has 0 aromatic rings. The van der Waals surface area contributed by atoms with E-state index in [-0.39, 0.29) is 11.5 Å². The molecule has 18 heavy (non-hydrogen) atoms. The van der Waals surface area contributed by atoms with Gasteiger partial charge in [-0.25, -0.2) is 0 Å². The van der Waals surface area contributed by atoms with Crippen LogP contribution >= 0.6 is 0 Å². The van der Waals surface area contributed by atoms with E-state index in [9.17, 15) is 4.79 Å². The molecule has 4 heteroatoms. The quantitative estimate of drug-likeness (QED) is 0.704. The molecule has 0 spiro atoms. The molecule has 0 atom stereocenters. The number of carbonyl (C=O) groups is 1. The Kier molecular flexibility index (Phi) is 4.62. The molecule has 1 heterocycles. The average molecular weight is 255 g/mol. The number of methoxy groups -OCH3 is 1. The van der Waals surface area contributed by atoms with Crippen molar-refractivity contribution in [1.82, 2.24) is 4.90 Å². The van der Waals surface area contributed by atoms with Crippen molar-refractivity contribution in [3.8, 4) is 0 Å². The molecule has 2 fully saturated rings. The monoisotopic (exact) mass is 255 g/mol. The summed E-state index contributed by atoms with van der Waals surface area (Å²) in [7, 11) is 1.76. The lowest BCUT2D eigenvalue weighted by molar-refractivity contribution is -0.155. The van der Waals surface area contributed by atoms with Crippen molar-refractivity contribution in [2.75, 3.05) is 26.8 Å². The van der Waals surface area contributed by atoms with Gasteiger partial charge in [-0.1, -0.05) is 6.42 Å². The van der Waals surface area contributed by atoms with Crippen molar-refractivity contribution in [2.45, 2.75) is 57.1 Å². The molecule has 1 saturated heterocycles. The molecule has 0 N–H and O–H groups in total. The number of esters is 1. The van der Waals surface area contributed by atoms with E-state index in [4.69, 9.17) is 9.47 Å². The fourth-order valence-corrected chi connectivity index (χ4v) is 3.32. The van der Waals surface area contributed by atoms with Crippen LogP contribution in [0.5, 0.6) is 0 Å². The van der Waals surface area contributed by atoms with Crippen LogP contribution in [-0.4, -0.2) is 49.3 Å². The molecular formula is C14H25NO3. The van der Waals surface area contributed by atoms with Gasteiger partial charge in [-0.15, -0.1) is 0 Å². The Hall–Kier alpha value is -0.610. The Morgan fingerprint density at radius 3 is 2.50 bits per heavy atom. The van der Waals surface area contributed by atoms with Gasteiger partial charge in [0.15, 0.2) is 0 Å². The minimum atomic E-state index is -0.0578. The van der Waals surface area contributed by atoms with Crippen molar-refractivity contribution < 1.29 is 14.3 Å². The summed E-state index contributed by atoms with van der Waals surface area (Å²) in [5.41, 5.74) is 0.0212. The molecule has 0 amide bonds. The number of hydrogen-bond donors (Lipinski definition) is 0. The maximum absolute atomic E-state index is 11.8. The highest BCUT2D eigenvalue weighted by Gasteiger charge is 2.50. The lowest BCUT2D eigenvalue weighted by Crippen LogP contribution is -2.62. The first-order valence-electron chi connectivity index (χ1n) is 7.13. The number of hydrogen-bond acceptors (Lipinski definition) is 4. The summed E-state index contributed by atoms with van der Waals surface area (Å²) in [4.78, 5) is 14.3. The van der Waals surface area contributed by atoms with Gasteiger partial charge in [0.2, 0.25) is 0 Å². The Morgan fingerprint density at radius 1 is 1.28 bits per heavy atom. The summed E-state index contributed by atoms with van der Waals surface area (Å²) >= 11 is 0. The standard InChI is InChI=1S/C14H25NO3/c1-3-18-13(16)11-14(9-12(10-14)17-2)15-7-5-4-6-8-15/h12H,3-11H2,1-2H3. The van der Waals surface area contributed by atoms with Gasteiger partial charge < -0.3 is 9.47 Å². The van der Waals surface area contributed by atoms with Crippen LogP contribution in [0, 0.1) is 0 Å². The van der Waals surface area contributed by atoms with E-state index in [1.165, 1.54) is 19.3 Å². The Bertz CT molecular complexity index is 281. The zero-order valence-electron chi connectivity index (χ0n) is 11.6. The predicted molar refractivity (Wildman–Crippen MR) is 69.4 cm³/mol. The first-order valence-corrected chi connectivity index (χ1v) is 7.13. The Balaban J connectivity index is 1.97. The second-order valence-electron chi connectivity index (χ2n) is 5.52. The van der Waals surface area contributed by atoms with Gasteiger partial charge in [-0.3, -0.25) is 9.69 Å². The minimum absolute atomic E-state index is 0.0212. The summed E-state index contributed by atoms with van der Waals surface area (Å²) in [6.45, 7) is 4.58. The van der Waals surface area contributed by atoms with Crippen molar-refractivity contribution in [3.63, 3.8) is 0 Å². The number of rotatable bonds is 5. The molecule has 1 saturated carbocycles.